The van der Waals surface area contributed by atoms with Crippen LogP contribution in [0.25, 0.3) is 22.3 Å². The van der Waals surface area contributed by atoms with E-state index in [-0.39, 0.29) is 5.56 Å². The lowest BCUT2D eigenvalue weighted by molar-refractivity contribution is 0.289. The number of aromatic amines is 1. The van der Waals surface area contributed by atoms with Crippen molar-refractivity contribution < 1.29 is 4.74 Å². The summed E-state index contributed by atoms with van der Waals surface area (Å²) >= 11 is 0. The number of H-pyrrole nitrogens is 1. The predicted octanol–water partition coefficient (Wildman–Crippen LogP) is 3.44. The van der Waals surface area contributed by atoms with E-state index in [1.807, 2.05) is 36.4 Å². The molecular formula is C20H23N3O2. The molecule has 0 saturated heterocycles. The fraction of sp³-hybridized carbons (Fsp3) is 0.300. The Labute approximate surface area is 147 Å². The van der Waals surface area contributed by atoms with Crippen LogP contribution in [0.15, 0.2) is 47.3 Å². The van der Waals surface area contributed by atoms with E-state index in [1.165, 1.54) is 0 Å². The average Bonchev–Trinajstić information content (AvgIpc) is 2.65. The van der Waals surface area contributed by atoms with Crippen LogP contribution in [0.2, 0.25) is 0 Å². The SMILES string of the molecule is CCN(CC)Cc1cc(-c2nc3ccccc3c(=O)[nH]2)ccc1OC. The molecule has 0 spiro atoms. The minimum absolute atomic E-state index is 0.123. The second kappa shape index (κ2) is 7.49. The average molecular weight is 337 g/mol. The van der Waals surface area contributed by atoms with Crippen molar-refractivity contribution in [2.24, 2.45) is 0 Å². The Morgan fingerprint density at radius 3 is 2.60 bits per heavy atom. The molecule has 2 aromatic carbocycles. The Morgan fingerprint density at radius 2 is 1.88 bits per heavy atom. The third kappa shape index (κ3) is 3.56. The lowest BCUT2D eigenvalue weighted by Gasteiger charge is -2.20. The molecule has 0 atom stereocenters. The number of hydrogen-bond acceptors (Lipinski definition) is 4. The van der Waals surface area contributed by atoms with Gasteiger partial charge in [0.05, 0.1) is 18.0 Å². The number of aromatic nitrogens is 2. The fourth-order valence-corrected chi connectivity index (χ4v) is 2.96. The van der Waals surface area contributed by atoms with Crippen molar-refractivity contribution in [1.29, 1.82) is 0 Å². The maximum Gasteiger partial charge on any atom is 0.259 e. The highest BCUT2D eigenvalue weighted by molar-refractivity contribution is 5.79. The van der Waals surface area contributed by atoms with Crippen LogP contribution in [0.4, 0.5) is 0 Å². The molecule has 3 rings (SSSR count). The molecule has 0 bridgehead atoms. The van der Waals surface area contributed by atoms with Crippen LogP contribution < -0.4 is 10.3 Å². The minimum Gasteiger partial charge on any atom is -0.496 e. The summed E-state index contributed by atoms with van der Waals surface area (Å²) in [5, 5.41) is 0.600. The highest BCUT2D eigenvalue weighted by Crippen LogP contribution is 2.26. The molecule has 1 heterocycles. The summed E-state index contributed by atoms with van der Waals surface area (Å²) in [4.78, 5) is 22.1. The molecule has 0 aliphatic heterocycles. The molecule has 1 aromatic heterocycles. The van der Waals surface area contributed by atoms with Crippen molar-refractivity contribution in [2.45, 2.75) is 20.4 Å². The van der Waals surface area contributed by atoms with E-state index in [2.05, 4.69) is 28.7 Å². The maximum absolute atomic E-state index is 12.3. The van der Waals surface area contributed by atoms with Gasteiger partial charge in [0.2, 0.25) is 0 Å². The van der Waals surface area contributed by atoms with Crippen LogP contribution in [0.3, 0.4) is 0 Å². The quantitative estimate of drug-likeness (QED) is 0.748. The van der Waals surface area contributed by atoms with E-state index >= 15 is 0 Å². The number of nitrogens with one attached hydrogen (secondary N) is 1. The Balaban J connectivity index is 2.07. The third-order valence-corrected chi connectivity index (χ3v) is 4.46. The molecule has 130 valence electrons. The summed E-state index contributed by atoms with van der Waals surface area (Å²) in [5.41, 5.74) is 2.54. The first-order chi connectivity index (χ1) is 12.2. The van der Waals surface area contributed by atoms with Crippen molar-refractivity contribution in [3.63, 3.8) is 0 Å². The summed E-state index contributed by atoms with van der Waals surface area (Å²) in [5.74, 6) is 1.42. The lowest BCUT2D eigenvalue weighted by atomic mass is 10.1. The maximum atomic E-state index is 12.3. The van der Waals surface area contributed by atoms with Gasteiger partial charge in [-0.2, -0.15) is 0 Å². The summed E-state index contributed by atoms with van der Waals surface area (Å²) in [6, 6.07) is 13.3. The van der Waals surface area contributed by atoms with Gasteiger partial charge in [-0.15, -0.1) is 0 Å². The van der Waals surface area contributed by atoms with E-state index in [4.69, 9.17) is 4.74 Å². The smallest absolute Gasteiger partial charge is 0.259 e. The molecule has 1 N–H and O–H groups in total. The molecule has 0 aliphatic rings. The summed E-state index contributed by atoms with van der Waals surface area (Å²) < 4.78 is 5.50. The lowest BCUT2D eigenvalue weighted by Crippen LogP contribution is -2.22. The van der Waals surface area contributed by atoms with Crippen molar-refractivity contribution >= 4 is 10.9 Å². The van der Waals surface area contributed by atoms with Gasteiger partial charge in [0.15, 0.2) is 0 Å². The van der Waals surface area contributed by atoms with Gasteiger partial charge in [0, 0.05) is 17.7 Å². The molecular weight excluding hydrogens is 314 g/mol. The number of ether oxygens (including phenoxy) is 1. The van der Waals surface area contributed by atoms with Crippen molar-refractivity contribution in [3.8, 4) is 17.1 Å². The van der Waals surface area contributed by atoms with Crippen molar-refractivity contribution in [3.05, 3.63) is 58.4 Å². The fourth-order valence-electron chi connectivity index (χ4n) is 2.96. The van der Waals surface area contributed by atoms with Crippen LogP contribution in [0.1, 0.15) is 19.4 Å². The molecule has 0 amide bonds. The van der Waals surface area contributed by atoms with Gasteiger partial charge in [0.1, 0.15) is 11.6 Å². The van der Waals surface area contributed by atoms with E-state index in [0.29, 0.717) is 16.7 Å². The van der Waals surface area contributed by atoms with Gasteiger partial charge in [-0.3, -0.25) is 9.69 Å². The van der Waals surface area contributed by atoms with Crippen LogP contribution in [0.5, 0.6) is 5.75 Å². The Kier molecular flexibility index (Phi) is 5.14. The normalized spacial score (nSPS) is 11.2. The molecule has 0 unspecified atom stereocenters. The van der Waals surface area contributed by atoms with Gasteiger partial charge in [0.25, 0.3) is 5.56 Å². The second-order valence-electron chi connectivity index (χ2n) is 5.92. The zero-order chi connectivity index (χ0) is 17.8. The first kappa shape index (κ1) is 17.2. The number of benzene rings is 2. The Hall–Kier alpha value is -2.66. The van der Waals surface area contributed by atoms with Gasteiger partial charge in [-0.1, -0.05) is 26.0 Å². The van der Waals surface area contributed by atoms with Crippen LogP contribution in [-0.4, -0.2) is 35.1 Å². The van der Waals surface area contributed by atoms with Crippen LogP contribution in [0, 0.1) is 0 Å². The van der Waals surface area contributed by atoms with Crippen molar-refractivity contribution in [1.82, 2.24) is 14.9 Å². The largest absolute Gasteiger partial charge is 0.496 e. The highest BCUT2D eigenvalue weighted by Gasteiger charge is 2.11. The van der Waals surface area contributed by atoms with Crippen molar-refractivity contribution in [2.75, 3.05) is 20.2 Å². The molecule has 0 aliphatic carbocycles. The number of rotatable bonds is 6. The zero-order valence-corrected chi connectivity index (χ0v) is 14.9. The molecule has 5 heteroatoms. The molecule has 0 fully saturated rings. The monoisotopic (exact) mass is 337 g/mol. The first-order valence-corrected chi connectivity index (χ1v) is 8.55. The van der Waals surface area contributed by atoms with Gasteiger partial charge in [-0.05, 0) is 43.4 Å². The summed E-state index contributed by atoms with van der Waals surface area (Å²) in [6.07, 6.45) is 0. The standard InChI is InChI=1S/C20H23N3O2/c1-4-23(5-2)13-15-12-14(10-11-18(15)25-3)19-21-17-9-7-6-8-16(17)20(24)22-19/h6-12H,4-5,13H2,1-3H3,(H,21,22,24). The first-order valence-electron chi connectivity index (χ1n) is 8.55. The molecule has 0 radical (unpaired) electrons. The van der Waals surface area contributed by atoms with Crippen LogP contribution >= 0.6 is 0 Å². The predicted molar refractivity (Wildman–Crippen MR) is 101 cm³/mol. The molecule has 0 saturated carbocycles. The molecule has 5 nitrogen and oxygen atoms in total. The number of fused-ring (bicyclic) bond motifs is 1. The Morgan fingerprint density at radius 1 is 1.12 bits per heavy atom. The number of para-hydroxylation sites is 1. The number of hydrogen-bond donors (Lipinski definition) is 1. The topological polar surface area (TPSA) is 58.2 Å². The zero-order valence-electron chi connectivity index (χ0n) is 14.9. The number of nitrogens with zero attached hydrogens (tertiary/aromatic N) is 2. The molecule has 25 heavy (non-hydrogen) atoms. The summed E-state index contributed by atoms with van der Waals surface area (Å²) in [7, 11) is 1.68. The molecule has 3 aromatic rings. The number of methoxy groups -OCH3 is 1. The summed E-state index contributed by atoms with van der Waals surface area (Å²) in [6.45, 7) is 7.01. The second-order valence-corrected chi connectivity index (χ2v) is 5.92. The highest BCUT2D eigenvalue weighted by atomic mass is 16.5. The van der Waals surface area contributed by atoms with Crippen LogP contribution in [-0.2, 0) is 6.54 Å². The Bertz CT molecular complexity index is 930. The van der Waals surface area contributed by atoms with E-state index in [1.54, 1.807) is 13.2 Å². The van der Waals surface area contributed by atoms with E-state index in [9.17, 15) is 4.79 Å². The van der Waals surface area contributed by atoms with Gasteiger partial charge < -0.3 is 9.72 Å². The third-order valence-electron chi connectivity index (χ3n) is 4.46. The minimum atomic E-state index is -0.123. The van der Waals surface area contributed by atoms with E-state index < -0.39 is 0 Å². The van der Waals surface area contributed by atoms with Gasteiger partial charge in [-0.25, -0.2) is 4.98 Å². The van der Waals surface area contributed by atoms with E-state index in [0.717, 1.165) is 36.5 Å². The van der Waals surface area contributed by atoms with Gasteiger partial charge >= 0.3 is 0 Å².